The zero-order valence-electron chi connectivity index (χ0n) is 15.1. The smallest absolute Gasteiger partial charge is 0.318 e. The predicted molar refractivity (Wildman–Crippen MR) is 97.6 cm³/mol. The zero-order valence-corrected chi connectivity index (χ0v) is 15.1. The normalized spacial score (nSPS) is 17.2. The summed E-state index contributed by atoms with van der Waals surface area (Å²) in [5.41, 5.74) is 2.82. The van der Waals surface area contributed by atoms with Crippen LogP contribution in [-0.2, 0) is 13.1 Å². The molecule has 1 N–H and O–H groups in total. The first-order valence-corrected chi connectivity index (χ1v) is 9.09. The van der Waals surface area contributed by atoms with E-state index in [2.05, 4.69) is 28.6 Å². The van der Waals surface area contributed by atoms with Gasteiger partial charge in [-0.3, -0.25) is 4.68 Å². The van der Waals surface area contributed by atoms with Gasteiger partial charge in [-0.25, -0.2) is 4.79 Å². The van der Waals surface area contributed by atoms with Gasteiger partial charge in [0.05, 0.1) is 29.5 Å². The minimum atomic E-state index is -0.0864. The van der Waals surface area contributed by atoms with Crippen LogP contribution in [0, 0.1) is 6.92 Å². The molecule has 2 aromatic heterocycles. The van der Waals surface area contributed by atoms with Crippen LogP contribution in [0.5, 0.6) is 0 Å². The molecule has 1 atom stereocenters. The highest BCUT2D eigenvalue weighted by Crippen LogP contribution is 2.32. The number of para-hydroxylation sites is 1. The number of carbonyl (C=O) groups is 1. The molecule has 3 aromatic rings. The van der Waals surface area contributed by atoms with Gasteiger partial charge in [-0.15, -0.1) is 0 Å². The van der Waals surface area contributed by atoms with E-state index in [1.165, 1.54) is 0 Å². The highest BCUT2D eigenvalue weighted by atomic mass is 16.5. The Morgan fingerprint density at radius 1 is 1.38 bits per heavy atom. The van der Waals surface area contributed by atoms with Gasteiger partial charge in [-0.1, -0.05) is 23.4 Å². The summed E-state index contributed by atoms with van der Waals surface area (Å²) < 4.78 is 7.34. The number of urea groups is 1. The van der Waals surface area contributed by atoms with Crippen molar-refractivity contribution in [3.63, 3.8) is 0 Å². The lowest BCUT2D eigenvalue weighted by Gasteiger charge is -2.22. The number of fused-ring (bicyclic) bond motifs is 1. The van der Waals surface area contributed by atoms with E-state index in [4.69, 9.17) is 4.52 Å². The van der Waals surface area contributed by atoms with Crippen LogP contribution in [0.4, 0.5) is 4.79 Å². The van der Waals surface area contributed by atoms with Crippen molar-refractivity contribution in [3.05, 3.63) is 47.5 Å². The summed E-state index contributed by atoms with van der Waals surface area (Å²) in [7, 11) is 0. The van der Waals surface area contributed by atoms with Crippen molar-refractivity contribution in [2.45, 2.75) is 45.8 Å². The molecule has 4 rings (SSSR count). The lowest BCUT2D eigenvalue weighted by atomic mass is 10.1. The molecule has 3 heterocycles. The third kappa shape index (κ3) is 2.94. The highest BCUT2D eigenvalue weighted by molar-refractivity contribution is 5.82. The second-order valence-electron chi connectivity index (χ2n) is 6.66. The molecule has 0 radical (unpaired) electrons. The first-order valence-electron chi connectivity index (χ1n) is 9.09. The van der Waals surface area contributed by atoms with Crippen molar-refractivity contribution < 1.29 is 9.32 Å². The molecule has 2 amide bonds. The van der Waals surface area contributed by atoms with Crippen LogP contribution < -0.4 is 5.32 Å². The summed E-state index contributed by atoms with van der Waals surface area (Å²) >= 11 is 0. The molecule has 0 saturated carbocycles. The maximum atomic E-state index is 12.7. The van der Waals surface area contributed by atoms with Gasteiger partial charge in [-0.2, -0.15) is 5.10 Å². The summed E-state index contributed by atoms with van der Waals surface area (Å²) in [6, 6.07) is 9.89. The molecule has 1 fully saturated rings. The Morgan fingerprint density at radius 3 is 3.00 bits per heavy atom. The van der Waals surface area contributed by atoms with Crippen molar-refractivity contribution in [2.24, 2.45) is 0 Å². The van der Waals surface area contributed by atoms with E-state index in [-0.39, 0.29) is 12.1 Å². The fourth-order valence-corrected chi connectivity index (χ4v) is 3.67. The lowest BCUT2D eigenvalue weighted by molar-refractivity contribution is 0.182. The van der Waals surface area contributed by atoms with E-state index < -0.39 is 0 Å². The molecule has 0 spiro atoms. The zero-order chi connectivity index (χ0) is 18.1. The van der Waals surface area contributed by atoms with E-state index >= 15 is 0 Å². The molecule has 1 aliphatic heterocycles. The van der Waals surface area contributed by atoms with E-state index in [1.807, 2.05) is 40.8 Å². The highest BCUT2D eigenvalue weighted by Gasteiger charge is 2.32. The third-order valence-electron chi connectivity index (χ3n) is 4.93. The van der Waals surface area contributed by atoms with Crippen molar-refractivity contribution in [3.8, 4) is 0 Å². The Hall–Kier alpha value is -2.83. The minimum absolute atomic E-state index is 0.0406. The van der Waals surface area contributed by atoms with Crippen LogP contribution >= 0.6 is 0 Å². The molecule has 1 saturated heterocycles. The molecule has 1 aromatic carbocycles. The second-order valence-corrected chi connectivity index (χ2v) is 6.66. The van der Waals surface area contributed by atoms with Crippen LogP contribution in [-0.4, -0.2) is 32.4 Å². The molecule has 0 bridgehead atoms. The van der Waals surface area contributed by atoms with Crippen molar-refractivity contribution in [2.75, 3.05) is 6.54 Å². The van der Waals surface area contributed by atoms with Gasteiger partial charge in [0.25, 0.3) is 0 Å². The largest absolute Gasteiger partial charge is 0.359 e. The Balaban J connectivity index is 1.49. The topological polar surface area (TPSA) is 76.2 Å². The number of aromatic nitrogens is 3. The number of carbonyl (C=O) groups excluding carboxylic acids is 1. The van der Waals surface area contributed by atoms with E-state index in [1.54, 1.807) is 0 Å². The monoisotopic (exact) mass is 353 g/mol. The molecule has 136 valence electrons. The Morgan fingerprint density at radius 2 is 2.23 bits per heavy atom. The number of hydrogen-bond donors (Lipinski definition) is 1. The average molecular weight is 353 g/mol. The second kappa shape index (κ2) is 6.82. The van der Waals surface area contributed by atoms with Gasteiger partial charge in [0, 0.05) is 24.5 Å². The van der Waals surface area contributed by atoms with E-state index in [0.717, 1.165) is 54.0 Å². The van der Waals surface area contributed by atoms with Gasteiger partial charge in [0.1, 0.15) is 0 Å². The Kier molecular flexibility index (Phi) is 4.36. The van der Waals surface area contributed by atoms with Gasteiger partial charge in [-0.05, 0) is 32.8 Å². The maximum absolute atomic E-state index is 12.7. The van der Waals surface area contributed by atoms with Crippen LogP contribution in [0.1, 0.15) is 43.0 Å². The molecule has 0 aliphatic carbocycles. The first kappa shape index (κ1) is 16.6. The summed E-state index contributed by atoms with van der Waals surface area (Å²) in [4.78, 5) is 14.6. The van der Waals surface area contributed by atoms with Gasteiger partial charge >= 0.3 is 6.03 Å². The summed E-state index contributed by atoms with van der Waals surface area (Å²) in [5.74, 6) is 0.760. The van der Waals surface area contributed by atoms with E-state index in [9.17, 15) is 4.79 Å². The molecular weight excluding hydrogens is 330 g/mol. The number of hydrogen-bond acceptors (Lipinski definition) is 4. The van der Waals surface area contributed by atoms with Gasteiger partial charge in [0.15, 0.2) is 5.76 Å². The Bertz CT molecular complexity index is 929. The number of nitrogens with one attached hydrogen (secondary N) is 1. The standard InChI is InChI=1S/C19H23N5O2/c1-3-24-16-8-5-4-7-14(16)15(21-24)12-20-19(25)23-10-6-9-17(23)18-11-13(2)22-26-18/h4-5,7-8,11,17H,3,6,9-10,12H2,1-2H3,(H,20,25)/t17-/m1/s1. The van der Waals surface area contributed by atoms with Crippen molar-refractivity contribution >= 4 is 16.9 Å². The number of likely N-dealkylation sites (tertiary alicyclic amines) is 1. The number of aryl methyl sites for hydroxylation is 2. The fourth-order valence-electron chi connectivity index (χ4n) is 3.67. The number of nitrogens with zero attached hydrogens (tertiary/aromatic N) is 4. The third-order valence-corrected chi connectivity index (χ3v) is 4.93. The molecule has 7 nitrogen and oxygen atoms in total. The summed E-state index contributed by atoms with van der Waals surface area (Å²) in [6.07, 6.45) is 1.86. The molecule has 26 heavy (non-hydrogen) atoms. The van der Waals surface area contributed by atoms with Gasteiger partial charge < -0.3 is 14.7 Å². The predicted octanol–water partition coefficient (Wildman–Crippen LogP) is 3.40. The van der Waals surface area contributed by atoms with Crippen LogP contribution in [0.25, 0.3) is 10.9 Å². The molecule has 1 aliphatic rings. The SMILES string of the molecule is CCn1nc(CNC(=O)N2CCC[C@@H]2c2cc(C)no2)c2ccccc21. The maximum Gasteiger partial charge on any atom is 0.318 e. The quantitative estimate of drug-likeness (QED) is 0.780. The number of benzene rings is 1. The minimum Gasteiger partial charge on any atom is -0.359 e. The van der Waals surface area contributed by atoms with Crippen molar-refractivity contribution in [1.29, 1.82) is 0 Å². The summed E-state index contributed by atoms with van der Waals surface area (Å²) in [5, 5.41) is 12.7. The molecule has 7 heteroatoms. The lowest BCUT2D eigenvalue weighted by Crippen LogP contribution is -2.39. The van der Waals surface area contributed by atoms with Crippen molar-refractivity contribution in [1.82, 2.24) is 25.2 Å². The summed E-state index contributed by atoms with van der Waals surface area (Å²) in [6.45, 7) is 5.89. The van der Waals surface area contributed by atoms with Crippen LogP contribution in [0.2, 0.25) is 0 Å². The number of rotatable bonds is 4. The molecular formula is C19H23N5O2. The number of amides is 2. The van der Waals surface area contributed by atoms with Crippen LogP contribution in [0.3, 0.4) is 0 Å². The van der Waals surface area contributed by atoms with E-state index in [0.29, 0.717) is 6.54 Å². The van der Waals surface area contributed by atoms with Crippen LogP contribution in [0.15, 0.2) is 34.9 Å². The molecule has 0 unspecified atom stereocenters. The fraction of sp³-hybridized carbons (Fsp3) is 0.421. The first-order chi connectivity index (χ1) is 12.7. The van der Waals surface area contributed by atoms with Gasteiger partial charge in [0.2, 0.25) is 0 Å². The average Bonchev–Trinajstić information content (AvgIpc) is 3.37. The Labute approximate surface area is 151 Å².